The van der Waals surface area contributed by atoms with Gasteiger partial charge in [0.15, 0.2) is 0 Å². The summed E-state index contributed by atoms with van der Waals surface area (Å²) in [6.07, 6.45) is 4.75. The van der Waals surface area contributed by atoms with E-state index in [1.54, 1.807) is 19.1 Å². The van der Waals surface area contributed by atoms with Crippen molar-refractivity contribution in [3.63, 3.8) is 0 Å². The van der Waals surface area contributed by atoms with Crippen LogP contribution in [0.4, 0.5) is 4.79 Å². The molecule has 0 unspecified atom stereocenters. The summed E-state index contributed by atoms with van der Waals surface area (Å²) in [4.78, 5) is 27.4. The number of aryl methyl sites for hydroxylation is 1. The minimum absolute atomic E-state index is 0.222. The molecule has 158 valence electrons. The summed E-state index contributed by atoms with van der Waals surface area (Å²) in [7, 11) is 2.03. The standard InChI is InChI=1S/C23H27N3O4/c1-3-29-22(27)20-17(24-23(28)25-21(20)19-12-7-13-30-19)14-26(2)18-11-6-9-15-8-4-5-10-16(15)18/h4-5,7-8,10,12-13,18,21H,3,6,9,11,14H2,1-2H3,(H2,24,25,28)/t18-,21+/m1/s1. The van der Waals surface area contributed by atoms with Crippen molar-refractivity contribution in [2.45, 2.75) is 38.3 Å². The third-order valence-corrected chi connectivity index (χ3v) is 5.75. The van der Waals surface area contributed by atoms with Gasteiger partial charge in [0.2, 0.25) is 0 Å². The molecular weight excluding hydrogens is 382 g/mol. The van der Waals surface area contributed by atoms with E-state index in [0.717, 1.165) is 19.3 Å². The number of carbonyl (C=O) groups is 2. The quantitative estimate of drug-likeness (QED) is 0.714. The molecule has 4 rings (SSSR count). The molecule has 0 saturated heterocycles. The largest absolute Gasteiger partial charge is 0.467 e. The number of hydrogen-bond acceptors (Lipinski definition) is 5. The molecule has 7 nitrogen and oxygen atoms in total. The number of nitrogens with one attached hydrogen (secondary N) is 2. The first kappa shape index (κ1) is 20.2. The molecular formula is C23H27N3O4. The van der Waals surface area contributed by atoms with Crippen LogP contribution in [0.15, 0.2) is 58.3 Å². The van der Waals surface area contributed by atoms with Crippen LogP contribution in [0, 0.1) is 0 Å². The number of ether oxygens (including phenoxy) is 1. The van der Waals surface area contributed by atoms with Crippen LogP contribution in [-0.2, 0) is 16.0 Å². The van der Waals surface area contributed by atoms with E-state index in [9.17, 15) is 9.59 Å². The van der Waals surface area contributed by atoms with Crippen molar-refractivity contribution in [3.05, 3.63) is 70.8 Å². The molecule has 2 N–H and O–H groups in total. The Hall–Kier alpha value is -3.06. The SMILES string of the molecule is CCOC(=O)C1=C(CN(C)[C@@H]2CCCc3ccccc32)NC(=O)N[C@H]1c1ccco1. The molecule has 30 heavy (non-hydrogen) atoms. The highest BCUT2D eigenvalue weighted by molar-refractivity contribution is 5.95. The van der Waals surface area contributed by atoms with Gasteiger partial charge in [0, 0.05) is 18.3 Å². The van der Waals surface area contributed by atoms with Gasteiger partial charge in [-0.05, 0) is 56.5 Å². The molecule has 2 atom stereocenters. The molecule has 2 heterocycles. The number of carbonyl (C=O) groups excluding carboxylic acids is 2. The molecule has 0 radical (unpaired) electrons. The first-order valence-corrected chi connectivity index (χ1v) is 10.4. The Morgan fingerprint density at radius 2 is 2.10 bits per heavy atom. The molecule has 0 bridgehead atoms. The lowest BCUT2D eigenvalue weighted by atomic mass is 9.87. The fraction of sp³-hybridized carbons (Fsp3) is 0.391. The van der Waals surface area contributed by atoms with Crippen LogP contribution in [0.25, 0.3) is 0 Å². The number of hydrogen-bond donors (Lipinski definition) is 2. The number of urea groups is 1. The van der Waals surface area contributed by atoms with Crippen LogP contribution in [0.1, 0.15) is 48.7 Å². The van der Waals surface area contributed by atoms with E-state index < -0.39 is 12.0 Å². The number of rotatable bonds is 6. The average molecular weight is 409 g/mol. The number of furan rings is 1. The van der Waals surface area contributed by atoms with E-state index >= 15 is 0 Å². The maximum atomic E-state index is 12.8. The Morgan fingerprint density at radius 3 is 2.87 bits per heavy atom. The first-order chi connectivity index (χ1) is 14.6. The topological polar surface area (TPSA) is 83.8 Å². The van der Waals surface area contributed by atoms with Gasteiger partial charge >= 0.3 is 12.0 Å². The summed E-state index contributed by atoms with van der Waals surface area (Å²) < 4.78 is 10.8. The summed E-state index contributed by atoms with van der Waals surface area (Å²) in [6, 6.07) is 11.1. The van der Waals surface area contributed by atoms with Crippen LogP contribution in [0.2, 0.25) is 0 Å². The average Bonchev–Trinajstić information content (AvgIpc) is 3.28. The summed E-state index contributed by atoms with van der Waals surface area (Å²) in [6.45, 7) is 2.43. The van der Waals surface area contributed by atoms with Crippen LogP contribution >= 0.6 is 0 Å². The summed E-state index contributed by atoms with van der Waals surface area (Å²) in [5.74, 6) is 0.0370. The van der Waals surface area contributed by atoms with Crippen LogP contribution in [0.5, 0.6) is 0 Å². The van der Waals surface area contributed by atoms with E-state index in [1.165, 1.54) is 17.4 Å². The Balaban J connectivity index is 1.68. The molecule has 1 aliphatic carbocycles. The smallest absolute Gasteiger partial charge is 0.338 e. The Labute approximate surface area is 176 Å². The highest BCUT2D eigenvalue weighted by atomic mass is 16.5. The molecule has 0 fully saturated rings. The Kier molecular flexibility index (Phi) is 5.90. The van der Waals surface area contributed by atoms with Crippen molar-refractivity contribution in [3.8, 4) is 0 Å². The van der Waals surface area contributed by atoms with E-state index in [-0.39, 0.29) is 18.7 Å². The fourth-order valence-electron chi connectivity index (χ4n) is 4.41. The maximum absolute atomic E-state index is 12.8. The Bertz CT molecular complexity index is 951. The third-order valence-electron chi connectivity index (χ3n) is 5.75. The zero-order valence-corrected chi connectivity index (χ0v) is 17.3. The lowest BCUT2D eigenvalue weighted by molar-refractivity contribution is -0.139. The highest BCUT2D eigenvalue weighted by Gasteiger charge is 2.36. The van der Waals surface area contributed by atoms with Crippen molar-refractivity contribution >= 4 is 12.0 Å². The van der Waals surface area contributed by atoms with Crippen molar-refractivity contribution in [2.24, 2.45) is 0 Å². The van der Waals surface area contributed by atoms with Crippen LogP contribution < -0.4 is 10.6 Å². The van der Waals surface area contributed by atoms with Gasteiger partial charge in [-0.15, -0.1) is 0 Å². The van der Waals surface area contributed by atoms with Crippen molar-refractivity contribution in [1.82, 2.24) is 15.5 Å². The van der Waals surface area contributed by atoms with E-state index in [0.29, 0.717) is 23.6 Å². The maximum Gasteiger partial charge on any atom is 0.338 e. The number of amides is 2. The molecule has 1 aromatic carbocycles. The number of fused-ring (bicyclic) bond motifs is 1. The lowest BCUT2D eigenvalue weighted by Gasteiger charge is -2.35. The van der Waals surface area contributed by atoms with Crippen LogP contribution in [-0.4, -0.2) is 37.1 Å². The van der Waals surface area contributed by atoms with Gasteiger partial charge in [0.1, 0.15) is 11.8 Å². The molecule has 2 aliphatic rings. The van der Waals surface area contributed by atoms with Gasteiger partial charge in [-0.2, -0.15) is 0 Å². The second kappa shape index (κ2) is 8.75. The predicted octanol–water partition coefficient (Wildman–Crippen LogP) is 3.46. The first-order valence-electron chi connectivity index (χ1n) is 10.4. The monoisotopic (exact) mass is 409 g/mol. The second-order valence-electron chi connectivity index (χ2n) is 7.68. The van der Waals surface area contributed by atoms with E-state index in [1.807, 2.05) is 7.05 Å². The van der Waals surface area contributed by atoms with Gasteiger partial charge in [-0.3, -0.25) is 4.90 Å². The summed E-state index contributed by atoms with van der Waals surface area (Å²) >= 11 is 0. The summed E-state index contributed by atoms with van der Waals surface area (Å²) in [5, 5.41) is 5.62. The van der Waals surface area contributed by atoms with Crippen molar-refractivity contribution < 1.29 is 18.7 Å². The number of benzene rings is 1. The predicted molar refractivity (Wildman–Crippen MR) is 112 cm³/mol. The molecule has 0 saturated carbocycles. The highest BCUT2D eigenvalue weighted by Crippen LogP contribution is 2.35. The number of esters is 1. The molecule has 1 aliphatic heterocycles. The molecule has 2 amide bonds. The van der Waals surface area contributed by atoms with Gasteiger partial charge in [-0.25, -0.2) is 9.59 Å². The van der Waals surface area contributed by atoms with Crippen LogP contribution in [0.3, 0.4) is 0 Å². The normalized spacial score (nSPS) is 21.1. The van der Waals surface area contributed by atoms with Gasteiger partial charge in [0.25, 0.3) is 0 Å². The number of likely N-dealkylation sites (N-methyl/N-ethyl adjacent to an activating group) is 1. The van der Waals surface area contributed by atoms with E-state index in [2.05, 4.69) is 39.8 Å². The van der Waals surface area contributed by atoms with Gasteiger partial charge in [0.05, 0.1) is 18.4 Å². The summed E-state index contributed by atoms with van der Waals surface area (Å²) in [5.41, 5.74) is 3.60. The van der Waals surface area contributed by atoms with Gasteiger partial charge in [-0.1, -0.05) is 24.3 Å². The van der Waals surface area contributed by atoms with Crippen molar-refractivity contribution in [2.75, 3.05) is 20.2 Å². The minimum atomic E-state index is -0.685. The van der Waals surface area contributed by atoms with Crippen molar-refractivity contribution in [1.29, 1.82) is 0 Å². The second-order valence-corrected chi connectivity index (χ2v) is 7.68. The molecule has 0 spiro atoms. The zero-order chi connectivity index (χ0) is 21.1. The third kappa shape index (κ3) is 3.98. The fourth-order valence-corrected chi connectivity index (χ4v) is 4.41. The molecule has 1 aromatic heterocycles. The van der Waals surface area contributed by atoms with E-state index in [4.69, 9.17) is 9.15 Å². The molecule has 7 heteroatoms. The Morgan fingerprint density at radius 1 is 1.27 bits per heavy atom. The minimum Gasteiger partial charge on any atom is -0.467 e. The van der Waals surface area contributed by atoms with Gasteiger partial charge < -0.3 is 19.8 Å². The number of nitrogens with zero attached hydrogens (tertiary/aromatic N) is 1. The lowest BCUT2D eigenvalue weighted by Crippen LogP contribution is -2.48. The zero-order valence-electron chi connectivity index (χ0n) is 17.3. The molecule has 2 aromatic rings.